The molecule has 0 aliphatic carbocycles. The highest BCUT2D eigenvalue weighted by Gasteiger charge is 2.39. The fourth-order valence-electron chi connectivity index (χ4n) is 2.08. The molecule has 1 aromatic heterocycles. The molecule has 0 fully saturated rings. The summed E-state index contributed by atoms with van der Waals surface area (Å²) in [6, 6.07) is 5.93. The van der Waals surface area contributed by atoms with Gasteiger partial charge in [-0.25, -0.2) is 9.59 Å². The largest absolute Gasteiger partial charge is 0.420 e. The Morgan fingerprint density at radius 3 is 2.75 bits per heavy atom. The third-order valence-corrected chi connectivity index (χ3v) is 3.36. The minimum atomic E-state index is -4.79. The lowest BCUT2D eigenvalue weighted by Crippen LogP contribution is -2.46. The van der Waals surface area contributed by atoms with Crippen molar-refractivity contribution in [1.29, 1.82) is 0 Å². The molecular formula is C14H16F3N3O4. The van der Waals surface area contributed by atoms with E-state index in [1.54, 1.807) is 24.3 Å². The number of benzene rings is 1. The number of carbonyl (C=O) groups excluding carboxylic acids is 1. The van der Waals surface area contributed by atoms with Crippen LogP contribution in [0.1, 0.15) is 0 Å². The summed E-state index contributed by atoms with van der Waals surface area (Å²) in [5, 5.41) is 11.3. The number of fused-ring (bicyclic) bond motifs is 1. The topological polar surface area (TPSA) is 87.7 Å². The molecule has 0 radical (unpaired) electrons. The quantitative estimate of drug-likeness (QED) is 0.850. The molecule has 0 spiro atoms. The molecule has 0 aliphatic rings. The van der Waals surface area contributed by atoms with Gasteiger partial charge in [0.05, 0.1) is 12.1 Å². The van der Waals surface area contributed by atoms with E-state index < -0.39 is 30.6 Å². The number of hydrogen-bond acceptors (Lipinski definition) is 4. The van der Waals surface area contributed by atoms with Gasteiger partial charge in [0.1, 0.15) is 0 Å². The van der Waals surface area contributed by atoms with Gasteiger partial charge in [-0.15, -0.1) is 0 Å². The number of halogens is 3. The second kappa shape index (κ2) is 6.95. The number of nitrogens with zero attached hydrogens (tertiary/aromatic N) is 2. The zero-order valence-electron chi connectivity index (χ0n) is 12.7. The number of hydrogen-bond donors (Lipinski definition) is 2. The molecule has 1 heterocycles. The lowest BCUT2D eigenvalue weighted by molar-refractivity contribution is -0.205. The first-order valence-corrected chi connectivity index (χ1v) is 7.02. The number of aliphatic hydroxyl groups excluding tert-OH is 1. The number of alkyl halides is 3. The Hall–Kier alpha value is -2.49. The Morgan fingerprint density at radius 1 is 1.42 bits per heavy atom. The normalized spacial score (nSPS) is 13.0. The molecule has 0 aliphatic heterocycles. The van der Waals surface area contributed by atoms with Crippen LogP contribution >= 0.6 is 0 Å². The van der Waals surface area contributed by atoms with Crippen LogP contribution in [-0.2, 0) is 6.54 Å². The van der Waals surface area contributed by atoms with E-state index in [1.165, 1.54) is 4.57 Å². The van der Waals surface area contributed by atoms with Crippen LogP contribution in [-0.4, -0.2) is 53.0 Å². The standard InChI is InChI=1S/C14H16F3N3O4/c1-19(8-11(21)14(15,16)17)12(22)18-6-7-20-9-4-2-3-5-10(9)24-13(20)23/h2-5,11,21H,6-8H2,1H3,(H,18,22). The third kappa shape index (κ3) is 4.07. The van der Waals surface area contributed by atoms with Gasteiger partial charge in [-0.2, -0.15) is 13.2 Å². The van der Waals surface area contributed by atoms with Crippen LogP contribution in [0.2, 0.25) is 0 Å². The number of aliphatic hydroxyl groups is 1. The van der Waals surface area contributed by atoms with Gasteiger partial charge in [-0.3, -0.25) is 4.57 Å². The van der Waals surface area contributed by atoms with E-state index >= 15 is 0 Å². The molecular weight excluding hydrogens is 331 g/mol. The van der Waals surface area contributed by atoms with E-state index in [0.717, 1.165) is 7.05 Å². The molecule has 2 rings (SSSR count). The number of likely N-dealkylation sites (N-methyl/N-ethyl adjacent to an activating group) is 1. The van der Waals surface area contributed by atoms with E-state index in [4.69, 9.17) is 9.52 Å². The van der Waals surface area contributed by atoms with Crippen LogP contribution in [0.5, 0.6) is 0 Å². The summed E-state index contributed by atoms with van der Waals surface area (Å²) < 4.78 is 43.1. The Balaban J connectivity index is 1.90. The van der Waals surface area contributed by atoms with Crippen molar-refractivity contribution in [2.24, 2.45) is 0 Å². The number of para-hydroxylation sites is 2. The van der Waals surface area contributed by atoms with Crippen LogP contribution in [0, 0.1) is 0 Å². The van der Waals surface area contributed by atoms with Crippen molar-refractivity contribution in [3.05, 3.63) is 34.8 Å². The highest BCUT2D eigenvalue weighted by molar-refractivity contribution is 5.74. The zero-order chi connectivity index (χ0) is 17.9. The molecule has 1 atom stereocenters. The maximum absolute atomic E-state index is 12.2. The smallest absolute Gasteiger partial charge is 0.408 e. The van der Waals surface area contributed by atoms with E-state index in [1.807, 2.05) is 0 Å². The Kier molecular flexibility index (Phi) is 5.17. The average Bonchev–Trinajstić information content (AvgIpc) is 2.82. The van der Waals surface area contributed by atoms with Crippen LogP contribution in [0.15, 0.2) is 33.5 Å². The number of rotatable bonds is 5. The minimum Gasteiger partial charge on any atom is -0.408 e. The SMILES string of the molecule is CN(CC(O)C(F)(F)F)C(=O)NCCn1c(=O)oc2ccccc21. The van der Waals surface area contributed by atoms with Crippen LogP contribution in [0.3, 0.4) is 0 Å². The van der Waals surface area contributed by atoms with Crippen molar-refractivity contribution in [1.82, 2.24) is 14.8 Å². The summed E-state index contributed by atoms with van der Waals surface area (Å²) in [5.41, 5.74) is 0.955. The highest BCUT2D eigenvalue weighted by Crippen LogP contribution is 2.20. The number of amides is 2. The summed E-state index contributed by atoms with van der Waals surface area (Å²) in [5.74, 6) is -0.591. The van der Waals surface area contributed by atoms with Crippen molar-refractivity contribution in [2.75, 3.05) is 20.1 Å². The average molecular weight is 347 g/mol. The highest BCUT2D eigenvalue weighted by atomic mass is 19.4. The minimum absolute atomic E-state index is 0.00865. The summed E-state index contributed by atoms with van der Waals surface area (Å²) in [4.78, 5) is 24.1. The molecule has 2 amide bonds. The maximum Gasteiger partial charge on any atom is 0.420 e. The van der Waals surface area contributed by atoms with Gasteiger partial charge in [0.15, 0.2) is 11.7 Å². The summed E-state index contributed by atoms with van der Waals surface area (Å²) in [6.45, 7) is -0.782. The first-order valence-electron chi connectivity index (χ1n) is 7.02. The van der Waals surface area contributed by atoms with Gasteiger partial charge in [-0.05, 0) is 12.1 Å². The predicted molar refractivity (Wildman–Crippen MR) is 78.6 cm³/mol. The fraction of sp³-hybridized carbons (Fsp3) is 0.429. The van der Waals surface area contributed by atoms with Gasteiger partial charge in [0, 0.05) is 20.1 Å². The van der Waals surface area contributed by atoms with Crippen molar-refractivity contribution in [3.8, 4) is 0 Å². The molecule has 2 N–H and O–H groups in total. The van der Waals surface area contributed by atoms with Crippen molar-refractivity contribution < 1.29 is 27.5 Å². The lowest BCUT2D eigenvalue weighted by Gasteiger charge is -2.22. The van der Waals surface area contributed by atoms with Gasteiger partial charge < -0.3 is 19.7 Å². The first kappa shape index (κ1) is 17.9. The summed E-state index contributed by atoms with van der Waals surface area (Å²) >= 11 is 0. The van der Waals surface area contributed by atoms with Crippen LogP contribution in [0.4, 0.5) is 18.0 Å². The summed E-state index contributed by atoms with van der Waals surface area (Å²) in [7, 11) is 1.13. The van der Waals surface area contributed by atoms with Crippen molar-refractivity contribution in [2.45, 2.75) is 18.8 Å². The first-order chi connectivity index (χ1) is 11.2. The van der Waals surface area contributed by atoms with E-state index in [9.17, 15) is 22.8 Å². The second-order valence-corrected chi connectivity index (χ2v) is 5.16. The molecule has 0 saturated heterocycles. The molecule has 0 saturated carbocycles. The molecule has 0 bridgehead atoms. The Bertz CT molecular complexity index is 768. The van der Waals surface area contributed by atoms with Gasteiger partial charge in [-0.1, -0.05) is 12.1 Å². The number of urea groups is 1. The molecule has 10 heteroatoms. The number of carbonyl (C=O) groups is 1. The van der Waals surface area contributed by atoms with E-state index in [-0.39, 0.29) is 13.1 Å². The molecule has 24 heavy (non-hydrogen) atoms. The van der Waals surface area contributed by atoms with Gasteiger partial charge >= 0.3 is 18.0 Å². The number of nitrogens with one attached hydrogen (secondary N) is 1. The van der Waals surface area contributed by atoms with Crippen LogP contribution in [0.25, 0.3) is 11.1 Å². The lowest BCUT2D eigenvalue weighted by atomic mass is 10.3. The predicted octanol–water partition coefficient (Wildman–Crippen LogP) is 1.16. The number of oxazole rings is 1. The van der Waals surface area contributed by atoms with Crippen molar-refractivity contribution in [3.63, 3.8) is 0 Å². The molecule has 1 aromatic carbocycles. The maximum atomic E-state index is 12.2. The Morgan fingerprint density at radius 2 is 2.08 bits per heavy atom. The Labute approximate surface area is 134 Å². The van der Waals surface area contributed by atoms with Crippen LogP contribution < -0.4 is 11.1 Å². The summed E-state index contributed by atoms with van der Waals surface area (Å²) in [6.07, 6.45) is -7.41. The van der Waals surface area contributed by atoms with E-state index in [0.29, 0.717) is 16.0 Å². The zero-order valence-corrected chi connectivity index (χ0v) is 12.7. The van der Waals surface area contributed by atoms with Crippen molar-refractivity contribution >= 4 is 17.1 Å². The van der Waals surface area contributed by atoms with Gasteiger partial charge in [0.2, 0.25) is 0 Å². The third-order valence-electron chi connectivity index (χ3n) is 3.36. The second-order valence-electron chi connectivity index (χ2n) is 5.16. The molecule has 7 nitrogen and oxygen atoms in total. The van der Waals surface area contributed by atoms with Gasteiger partial charge in [0.25, 0.3) is 0 Å². The fourth-order valence-corrected chi connectivity index (χ4v) is 2.08. The molecule has 132 valence electrons. The monoisotopic (exact) mass is 347 g/mol. The van der Waals surface area contributed by atoms with E-state index in [2.05, 4.69) is 5.32 Å². The number of aromatic nitrogens is 1. The molecule has 2 aromatic rings. The molecule has 1 unspecified atom stereocenters.